The molecule has 2 aliphatic heterocycles. The fourth-order valence-corrected chi connectivity index (χ4v) is 5.44. The van der Waals surface area contributed by atoms with E-state index in [-0.39, 0.29) is 35.8 Å². The molecule has 0 aromatic heterocycles. The molecule has 1 amide bonds. The molecule has 22 heavy (non-hydrogen) atoms. The number of esters is 1. The third kappa shape index (κ3) is 4.57. The maximum absolute atomic E-state index is 12.0. The van der Waals surface area contributed by atoms with Gasteiger partial charge in [-0.05, 0) is 25.9 Å². The molecule has 2 fully saturated rings. The van der Waals surface area contributed by atoms with Crippen LogP contribution in [0.5, 0.6) is 0 Å². The molecule has 2 atom stereocenters. The van der Waals surface area contributed by atoms with Crippen molar-refractivity contribution in [1.29, 1.82) is 0 Å². The highest BCUT2D eigenvalue weighted by Crippen LogP contribution is 2.19. The number of nitrogens with zero attached hydrogens (tertiary/aromatic N) is 1. The van der Waals surface area contributed by atoms with Gasteiger partial charge >= 0.3 is 5.97 Å². The van der Waals surface area contributed by atoms with E-state index in [9.17, 15) is 18.0 Å². The zero-order valence-corrected chi connectivity index (χ0v) is 14.0. The van der Waals surface area contributed by atoms with Crippen molar-refractivity contribution in [2.45, 2.75) is 24.3 Å². The summed E-state index contributed by atoms with van der Waals surface area (Å²) in [6, 6.07) is -0.522. The number of methoxy groups -OCH3 is 1. The van der Waals surface area contributed by atoms with Gasteiger partial charge in [-0.2, -0.15) is 0 Å². The number of alkyl halides is 1. The fourth-order valence-electron chi connectivity index (χ4n) is 2.89. The Labute approximate surface area is 135 Å². The average molecular weight is 353 g/mol. The molecule has 0 aromatic carbocycles. The van der Waals surface area contributed by atoms with E-state index in [0.29, 0.717) is 25.9 Å². The van der Waals surface area contributed by atoms with Gasteiger partial charge in [-0.25, -0.2) is 8.42 Å². The van der Waals surface area contributed by atoms with Gasteiger partial charge < -0.3 is 10.1 Å². The highest BCUT2D eigenvalue weighted by atomic mass is 35.5. The van der Waals surface area contributed by atoms with Crippen LogP contribution in [-0.2, 0) is 24.2 Å². The number of amides is 1. The first-order valence-corrected chi connectivity index (χ1v) is 9.50. The van der Waals surface area contributed by atoms with Crippen molar-refractivity contribution in [1.82, 2.24) is 10.2 Å². The van der Waals surface area contributed by atoms with E-state index in [0.717, 1.165) is 0 Å². The lowest BCUT2D eigenvalue weighted by atomic mass is 9.97. The third-order valence-corrected chi connectivity index (χ3v) is 6.49. The summed E-state index contributed by atoms with van der Waals surface area (Å²) in [6.07, 6.45) is 1.33. The summed E-state index contributed by atoms with van der Waals surface area (Å²) in [5, 5.41) is 2.12. The molecule has 2 rings (SSSR count). The van der Waals surface area contributed by atoms with Crippen LogP contribution in [0.1, 0.15) is 12.8 Å². The number of carbonyl (C=O) groups is 2. The largest absolute Gasteiger partial charge is 0.469 e. The van der Waals surface area contributed by atoms with Crippen LogP contribution in [0.25, 0.3) is 0 Å². The predicted molar refractivity (Wildman–Crippen MR) is 81.4 cm³/mol. The smallest absolute Gasteiger partial charge is 0.308 e. The van der Waals surface area contributed by atoms with E-state index < -0.39 is 21.3 Å². The predicted octanol–water partition coefficient (Wildman–Crippen LogP) is -0.608. The standard InChI is InChI=1S/C13H21ClN2O5S/c1-21-13(18)9-2-4-16(5-3-9)6-12(17)15-11-8-22(19,20)7-10(11)14/h9-11H,2-8H2,1H3,(H,15,17)/t10-,11+/m0/s1. The van der Waals surface area contributed by atoms with Crippen molar-refractivity contribution < 1.29 is 22.7 Å². The molecule has 0 saturated carbocycles. The second-order valence-corrected chi connectivity index (χ2v) is 8.55. The van der Waals surface area contributed by atoms with E-state index in [2.05, 4.69) is 5.32 Å². The van der Waals surface area contributed by atoms with Crippen LogP contribution < -0.4 is 5.32 Å². The normalized spacial score (nSPS) is 29.2. The first kappa shape index (κ1) is 17.5. The molecule has 126 valence electrons. The van der Waals surface area contributed by atoms with Gasteiger partial charge in [-0.3, -0.25) is 14.5 Å². The molecule has 0 bridgehead atoms. The molecule has 0 aliphatic carbocycles. The molecule has 0 radical (unpaired) electrons. The molecule has 0 aromatic rings. The second-order valence-electron chi connectivity index (χ2n) is 5.84. The summed E-state index contributed by atoms with van der Waals surface area (Å²) in [5.41, 5.74) is 0. The monoisotopic (exact) mass is 352 g/mol. The number of sulfone groups is 1. The minimum absolute atomic E-state index is 0.0932. The Hall–Kier alpha value is -0.860. The fraction of sp³-hybridized carbons (Fsp3) is 0.846. The van der Waals surface area contributed by atoms with Crippen molar-refractivity contribution in [2.75, 3.05) is 38.2 Å². The molecule has 2 saturated heterocycles. The number of halogens is 1. The molecule has 0 unspecified atom stereocenters. The van der Waals surface area contributed by atoms with Crippen molar-refractivity contribution >= 4 is 33.3 Å². The molecule has 2 aliphatic rings. The zero-order valence-electron chi connectivity index (χ0n) is 12.5. The Bertz CT molecular complexity index is 531. The number of piperidine rings is 1. The Balaban J connectivity index is 1.76. The molecule has 2 heterocycles. The highest BCUT2D eigenvalue weighted by molar-refractivity contribution is 7.91. The Morgan fingerprint density at radius 2 is 1.91 bits per heavy atom. The lowest BCUT2D eigenvalue weighted by molar-refractivity contribution is -0.147. The van der Waals surface area contributed by atoms with Crippen LogP contribution in [0.3, 0.4) is 0 Å². The lowest BCUT2D eigenvalue weighted by Gasteiger charge is -2.30. The van der Waals surface area contributed by atoms with E-state index in [1.54, 1.807) is 0 Å². The lowest BCUT2D eigenvalue weighted by Crippen LogP contribution is -2.47. The van der Waals surface area contributed by atoms with Gasteiger partial charge in [0.1, 0.15) is 0 Å². The molecule has 9 heteroatoms. The van der Waals surface area contributed by atoms with Gasteiger partial charge in [0.2, 0.25) is 5.91 Å². The molecule has 1 N–H and O–H groups in total. The molecular weight excluding hydrogens is 332 g/mol. The maximum atomic E-state index is 12.0. The SMILES string of the molecule is COC(=O)C1CCN(CC(=O)N[C@@H]2CS(=O)(=O)C[C@@H]2Cl)CC1. The van der Waals surface area contributed by atoms with Crippen LogP contribution in [0, 0.1) is 5.92 Å². The minimum Gasteiger partial charge on any atom is -0.469 e. The van der Waals surface area contributed by atoms with Crippen molar-refractivity contribution in [2.24, 2.45) is 5.92 Å². The van der Waals surface area contributed by atoms with Crippen LogP contribution in [0.15, 0.2) is 0 Å². The van der Waals surface area contributed by atoms with Crippen molar-refractivity contribution in [3.63, 3.8) is 0 Å². The number of carbonyl (C=O) groups excluding carboxylic acids is 2. The first-order chi connectivity index (χ1) is 10.3. The quantitative estimate of drug-likeness (QED) is 0.536. The van der Waals surface area contributed by atoms with E-state index in [1.165, 1.54) is 7.11 Å². The van der Waals surface area contributed by atoms with Gasteiger partial charge in [0, 0.05) is 0 Å². The number of hydrogen-bond donors (Lipinski definition) is 1. The van der Waals surface area contributed by atoms with Gasteiger partial charge in [-0.15, -0.1) is 11.6 Å². The summed E-state index contributed by atoms with van der Waals surface area (Å²) < 4.78 is 27.6. The number of likely N-dealkylation sites (tertiary alicyclic amines) is 1. The van der Waals surface area contributed by atoms with Gasteiger partial charge in [-0.1, -0.05) is 0 Å². The van der Waals surface area contributed by atoms with E-state index in [4.69, 9.17) is 16.3 Å². The summed E-state index contributed by atoms with van der Waals surface area (Å²) in [4.78, 5) is 25.4. The summed E-state index contributed by atoms with van der Waals surface area (Å²) >= 11 is 5.96. The average Bonchev–Trinajstić information content (AvgIpc) is 2.71. The summed E-state index contributed by atoms with van der Waals surface area (Å²) in [7, 11) is -1.78. The van der Waals surface area contributed by atoms with Gasteiger partial charge in [0.15, 0.2) is 9.84 Å². The van der Waals surface area contributed by atoms with Crippen LogP contribution >= 0.6 is 11.6 Å². The van der Waals surface area contributed by atoms with E-state index >= 15 is 0 Å². The van der Waals surface area contributed by atoms with Crippen LogP contribution in [-0.4, -0.2) is 74.9 Å². The Morgan fingerprint density at radius 1 is 1.27 bits per heavy atom. The number of ether oxygens (including phenoxy) is 1. The maximum Gasteiger partial charge on any atom is 0.308 e. The van der Waals surface area contributed by atoms with Gasteiger partial charge in [0.05, 0.1) is 42.5 Å². The Morgan fingerprint density at radius 3 is 2.41 bits per heavy atom. The summed E-state index contributed by atoms with van der Waals surface area (Å²) in [6.45, 7) is 1.47. The van der Waals surface area contributed by atoms with Crippen molar-refractivity contribution in [3.05, 3.63) is 0 Å². The minimum atomic E-state index is -3.15. The zero-order chi connectivity index (χ0) is 16.3. The molecule has 0 spiro atoms. The summed E-state index contributed by atoms with van der Waals surface area (Å²) in [5.74, 6) is -0.729. The molecule has 7 nitrogen and oxygen atoms in total. The first-order valence-electron chi connectivity index (χ1n) is 7.25. The highest BCUT2D eigenvalue weighted by Gasteiger charge is 2.37. The number of rotatable bonds is 4. The Kier molecular flexibility index (Phi) is 5.68. The van der Waals surface area contributed by atoms with Crippen LogP contribution in [0.2, 0.25) is 0 Å². The van der Waals surface area contributed by atoms with Gasteiger partial charge in [0.25, 0.3) is 0 Å². The topological polar surface area (TPSA) is 92.8 Å². The number of nitrogens with one attached hydrogen (secondary N) is 1. The van der Waals surface area contributed by atoms with Crippen molar-refractivity contribution in [3.8, 4) is 0 Å². The molecular formula is C13H21ClN2O5S. The second kappa shape index (κ2) is 7.14. The van der Waals surface area contributed by atoms with Crippen LogP contribution in [0.4, 0.5) is 0 Å². The third-order valence-electron chi connectivity index (χ3n) is 4.12. The van der Waals surface area contributed by atoms with E-state index in [1.807, 2.05) is 4.90 Å². The number of hydrogen-bond acceptors (Lipinski definition) is 6.